The van der Waals surface area contributed by atoms with Gasteiger partial charge in [-0.15, -0.1) is 0 Å². The predicted molar refractivity (Wildman–Crippen MR) is 90.4 cm³/mol. The molecular weight excluding hydrogens is 478 g/mol. The van der Waals surface area contributed by atoms with Crippen LogP contribution in [0.2, 0.25) is 0 Å². The molecule has 2 heterocycles. The second-order valence-electron chi connectivity index (χ2n) is 6.73. The Kier molecular flexibility index (Phi) is 9.11. The van der Waals surface area contributed by atoms with Crippen LogP contribution in [0, 0.1) is 0 Å². The number of rotatable bonds is 8. The third-order valence-electron chi connectivity index (χ3n) is 4.44. The largest absolute Gasteiger partial charge is 0.469 e. The summed E-state index contributed by atoms with van der Waals surface area (Å²) in [5.74, 6) is 0. The smallest absolute Gasteiger partial charge is 0.387 e. The fourth-order valence-corrected chi connectivity index (χ4v) is 3.55. The molecule has 2 fully saturated rings. The van der Waals surface area contributed by atoms with Crippen LogP contribution >= 0.6 is 15.6 Å². The third-order valence-corrected chi connectivity index (χ3v) is 5.41. The normalized spacial score (nSPS) is 42.5. The van der Waals surface area contributed by atoms with E-state index in [2.05, 4.69) is 9.05 Å². The van der Waals surface area contributed by atoms with Gasteiger partial charge in [0.05, 0.1) is 13.2 Å². The van der Waals surface area contributed by atoms with Gasteiger partial charge in [-0.05, 0) is 0 Å². The molecule has 2 aliphatic heterocycles. The first-order chi connectivity index (χ1) is 14.1. The first-order valence-corrected chi connectivity index (χ1v) is 11.6. The molecule has 10 N–H and O–H groups in total. The molecule has 0 bridgehead atoms. The summed E-state index contributed by atoms with van der Waals surface area (Å²) in [6.45, 7) is -1.85. The second kappa shape index (κ2) is 10.4. The summed E-state index contributed by atoms with van der Waals surface area (Å²) in [5.41, 5.74) is 0. The fourth-order valence-electron chi connectivity index (χ4n) is 2.87. The lowest BCUT2D eigenvalue weighted by atomic mass is 9.97. The van der Waals surface area contributed by atoms with Crippen LogP contribution in [0.3, 0.4) is 0 Å². The van der Waals surface area contributed by atoms with Gasteiger partial charge >= 0.3 is 15.6 Å². The number of phosphoric ester groups is 2. The summed E-state index contributed by atoms with van der Waals surface area (Å²) in [4.78, 5) is 34.8. The first-order valence-electron chi connectivity index (χ1n) is 8.55. The summed E-state index contributed by atoms with van der Waals surface area (Å²) in [6.07, 6.45) is -18.7. The van der Waals surface area contributed by atoms with Crippen molar-refractivity contribution in [2.24, 2.45) is 0 Å². The summed E-state index contributed by atoms with van der Waals surface area (Å²) in [5, 5.41) is 60.0. The van der Waals surface area contributed by atoms with E-state index in [4.69, 9.17) is 33.8 Å². The molecule has 2 rings (SSSR count). The SMILES string of the molecule is O=P(O)(O)OC[C@H]1O[C@H](O[C@H]2C(O)O[C@H](COP(=O)(O)O)[C@@H](O)[C@@H]2O)[C@H](O)[C@@H](O)[C@@H]1O. The number of phosphoric acid groups is 2. The van der Waals surface area contributed by atoms with Gasteiger partial charge in [-0.1, -0.05) is 0 Å². The molecule has 31 heavy (non-hydrogen) atoms. The molecule has 0 spiro atoms. The maximum atomic E-state index is 10.8. The van der Waals surface area contributed by atoms with Crippen molar-refractivity contribution in [1.29, 1.82) is 0 Å². The standard InChI is InChI=1S/C12H24O17P2/c13-5-4(2-26-31(22,23)24)28-12(9(17)7(5)15)29-10-8(16)6(14)3(27-11(10)18)1-25-30(19,20)21/h3-18H,1-2H2,(H2,19,20,21)(H2,22,23,24)/t3-,4-,5-,6-,7+,8+,9-,10-,11?,12-/m1/s1. The van der Waals surface area contributed by atoms with E-state index in [1.807, 2.05) is 0 Å². The van der Waals surface area contributed by atoms with Crippen molar-refractivity contribution in [2.75, 3.05) is 13.2 Å². The van der Waals surface area contributed by atoms with E-state index in [1.54, 1.807) is 0 Å². The minimum Gasteiger partial charge on any atom is -0.387 e. The average molecular weight is 502 g/mol. The third kappa shape index (κ3) is 7.43. The van der Waals surface area contributed by atoms with Crippen molar-refractivity contribution in [3.05, 3.63) is 0 Å². The topological polar surface area (TPSA) is 283 Å². The Labute approximate surface area is 173 Å². The molecule has 0 aromatic rings. The average Bonchev–Trinajstić information content (AvgIpc) is 2.64. The van der Waals surface area contributed by atoms with E-state index >= 15 is 0 Å². The monoisotopic (exact) mass is 502 g/mol. The van der Waals surface area contributed by atoms with Gasteiger partial charge in [0.25, 0.3) is 0 Å². The van der Waals surface area contributed by atoms with E-state index in [-0.39, 0.29) is 0 Å². The number of hydrogen-bond donors (Lipinski definition) is 10. The molecule has 1 unspecified atom stereocenters. The van der Waals surface area contributed by atoms with E-state index in [1.165, 1.54) is 0 Å². The van der Waals surface area contributed by atoms with Crippen molar-refractivity contribution in [2.45, 2.75) is 61.4 Å². The molecule has 19 heteroatoms. The molecule has 17 nitrogen and oxygen atoms in total. The van der Waals surface area contributed by atoms with Crippen molar-refractivity contribution in [3.8, 4) is 0 Å². The number of hydrogen-bond acceptors (Lipinski definition) is 13. The highest BCUT2D eigenvalue weighted by Crippen LogP contribution is 2.38. The lowest BCUT2D eigenvalue weighted by Gasteiger charge is -2.45. The van der Waals surface area contributed by atoms with Gasteiger partial charge in [0.15, 0.2) is 12.6 Å². The summed E-state index contributed by atoms with van der Waals surface area (Å²) >= 11 is 0. The van der Waals surface area contributed by atoms with Crippen LogP contribution in [0.5, 0.6) is 0 Å². The molecule has 0 aliphatic carbocycles. The minimum atomic E-state index is -4.98. The highest BCUT2D eigenvalue weighted by Gasteiger charge is 2.50. The summed E-state index contributed by atoms with van der Waals surface area (Å²) in [7, 11) is -9.93. The van der Waals surface area contributed by atoms with Gasteiger partial charge in [0, 0.05) is 0 Å². The van der Waals surface area contributed by atoms with Crippen molar-refractivity contribution >= 4 is 15.6 Å². The van der Waals surface area contributed by atoms with Gasteiger partial charge in [-0.3, -0.25) is 9.05 Å². The fraction of sp³-hybridized carbons (Fsp3) is 1.00. The van der Waals surface area contributed by atoms with Crippen LogP contribution < -0.4 is 0 Å². The van der Waals surface area contributed by atoms with Crippen LogP contribution in [0.1, 0.15) is 0 Å². The number of aliphatic hydroxyl groups is 6. The van der Waals surface area contributed by atoms with Gasteiger partial charge in [0.2, 0.25) is 0 Å². The summed E-state index contributed by atoms with van der Waals surface area (Å²) < 4.78 is 45.0. The van der Waals surface area contributed by atoms with Crippen molar-refractivity contribution in [3.63, 3.8) is 0 Å². The minimum absolute atomic E-state index is 0.915. The van der Waals surface area contributed by atoms with E-state index in [0.717, 1.165) is 0 Å². The van der Waals surface area contributed by atoms with Crippen molar-refractivity contribution in [1.82, 2.24) is 0 Å². The van der Waals surface area contributed by atoms with E-state index in [0.29, 0.717) is 0 Å². The molecule has 0 aromatic heterocycles. The zero-order valence-corrected chi connectivity index (χ0v) is 17.2. The Hall–Kier alpha value is -0.140. The Balaban J connectivity index is 2.05. The second-order valence-corrected chi connectivity index (χ2v) is 9.21. The van der Waals surface area contributed by atoms with E-state index < -0.39 is 90.3 Å². The molecule has 10 atom stereocenters. The zero-order valence-electron chi connectivity index (χ0n) is 15.4. The molecule has 184 valence electrons. The number of aliphatic hydroxyl groups excluding tert-OH is 6. The molecular formula is C12H24O17P2. The van der Waals surface area contributed by atoms with Gasteiger partial charge in [-0.2, -0.15) is 0 Å². The zero-order chi connectivity index (χ0) is 23.7. The van der Waals surface area contributed by atoms with Crippen molar-refractivity contribution < 1.29 is 82.6 Å². The van der Waals surface area contributed by atoms with Gasteiger partial charge in [0.1, 0.15) is 48.8 Å². The Bertz CT molecular complexity index is 680. The Morgan fingerprint density at radius 3 is 1.58 bits per heavy atom. The van der Waals surface area contributed by atoms with Crippen LogP contribution in [-0.2, 0) is 32.4 Å². The first kappa shape index (κ1) is 27.1. The highest BCUT2D eigenvalue weighted by molar-refractivity contribution is 7.46. The number of ether oxygens (including phenoxy) is 3. The molecule has 2 aliphatic rings. The Morgan fingerprint density at radius 2 is 1.10 bits per heavy atom. The summed E-state index contributed by atoms with van der Waals surface area (Å²) in [6, 6.07) is 0. The lowest BCUT2D eigenvalue weighted by Crippen LogP contribution is -2.64. The lowest BCUT2D eigenvalue weighted by molar-refractivity contribution is -0.361. The maximum absolute atomic E-state index is 10.8. The van der Waals surface area contributed by atoms with Gasteiger partial charge in [-0.25, -0.2) is 9.13 Å². The molecule has 2 saturated heterocycles. The molecule has 0 radical (unpaired) electrons. The van der Waals surface area contributed by atoms with Crippen LogP contribution in [0.15, 0.2) is 0 Å². The molecule has 0 saturated carbocycles. The van der Waals surface area contributed by atoms with Crippen LogP contribution in [0.4, 0.5) is 0 Å². The highest BCUT2D eigenvalue weighted by atomic mass is 31.2. The molecule has 0 aromatic carbocycles. The van der Waals surface area contributed by atoms with Crippen LogP contribution in [0.25, 0.3) is 0 Å². The molecule has 0 amide bonds. The van der Waals surface area contributed by atoms with Gasteiger partial charge < -0.3 is 64.4 Å². The quantitative estimate of drug-likeness (QED) is 0.139. The van der Waals surface area contributed by atoms with E-state index in [9.17, 15) is 39.8 Å². The predicted octanol–water partition coefficient (Wildman–Crippen LogP) is -5.16. The van der Waals surface area contributed by atoms with Crippen LogP contribution in [-0.4, -0.2) is 125 Å². The maximum Gasteiger partial charge on any atom is 0.469 e. The Morgan fingerprint density at radius 1 is 0.645 bits per heavy atom.